The van der Waals surface area contributed by atoms with Crippen LogP contribution >= 0.6 is 11.8 Å². The number of benzene rings is 2. The van der Waals surface area contributed by atoms with E-state index in [1.165, 1.54) is 43.4 Å². The molecule has 0 bridgehead atoms. The van der Waals surface area contributed by atoms with Gasteiger partial charge in [-0.05, 0) is 59.6 Å². The zero-order valence-electron chi connectivity index (χ0n) is 22.7. The number of carboxylic acid groups (broad SMARTS) is 1. The summed E-state index contributed by atoms with van der Waals surface area (Å²) in [6.07, 6.45) is 11.5. The highest BCUT2D eigenvalue weighted by molar-refractivity contribution is 8.03. The first-order chi connectivity index (χ1) is 18.4. The average Bonchev–Trinajstić information content (AvgIpc) is 3.36. The fraction of sp³-hybridized carbons (Fsp3) is 0.516. The molecule has 1 aliphatic carbocycles. The molecular formula is C31H42N2O4S. The van der Waals surface area contributed by atoms with Gasteiger partial charge >= 0.3 is 5.97 Å². The van der Waals surface area contributed by atoms with Gasteiger partial charge in [-0.15, -0.1) is 11.8 Å². The number of thioether (sulfide) groups is 1. The van der Waals surface area contributed by atoms with Crippen molar-refractivity contribution in [1.82, 2.24) is 10.2 Å². The predicted molar refractivity (Wildman–Crippen MR) is 155 cm³/mol. The van der Waals surface area contributed by atoms with Crippen LogP contribution in [0.5, 0.6) is 0 Å². The van der Waals surface area contributed by atoms with Gasteiger partial charge in [0.15, 0.2) is 0 Å². The Kier molecular flexibility index (Phi) is 10.7. The van der Waals surface area contributed by atoms with E-state index in [1.54, 1.807) is 0 Å². The van der Waals surface area contributed by atoms with Crippen molar-refractivity contribution >= 4 is 17.7 Å². The number of nitrogens with one attached hydrogen (secondary N) is 1. The van der Waals surface area contributed by atoms with Crippen LogP contribution in [0.3, 0.4) is 0 Å². The first-order valence-corrected chi connectivity index (χ1v) is 14.8. The number of rotatable bonds is 13. The summed E-state index contributed by atoms with van der Waals surface area (Å²) in [5.41, 5.74) is 5.43. The third-order valence-electron chi connectivity index (χ3n) is 7.74. The topological polar surface area (TPSA) is 82.0 Å². The summed E-state index contributed by atoms with van der Waals surface area (Å²) in [6.45, 7) is 2.51. The number of hydrogen-bond donors (Lipinski definition) is 3. The van der Waals surface area contributed by atoms with Crippen LogP contribution < -0.4 is 5.32 Å². The molecule has 0 amide bonds. The lowest BCUT2D eigenvalue weighted by atomic mass is 9.85. The van der Waals surface area contributed by atoms with Crippen molar-refractivity contribution in [2.24, 2.45) is 5.92 Å². The molecule has 4 rings (SSSR count). The normalized spacial score (nSPS) is 17.9. The van der Waals surface area contributed by atoms with Crippen molar-refractivity contribution in [3.05, 3.63) is 70.3 Å². The van der Waals surface area contributed by atoms with E-state index in [4.69, 9.17) is 4.74 Å². The number of carbonyl (C=O) groups is 1. The lowest BCUT2D eigenvalue weighted by Crippen LogP contribution is -2.39. The Labute approximate surface area is 231 Å². The summed E-state index contributed by atoms with van der Waals surface area (Å²) in [5, 5.41) is 21.7. The maximum absolute atomic E-state index is 11.4. The number of aliphatic carboxylic acids is 1. The SMILES string of the molecule is Cc1ccccc1-c1cc(COC(CCC2CCCCC2)C2=CN(C)CS2)ccc1CN[C@@H](CO)C(=O)O. The maximum Gasteiger partial charge on any atom is 0.323 e. The van der Waals surface area contributed by atoms with Gasteiger partial charge in [0.1, 0.15) is 6.04 Å². The van der Waals surface area contributed by atoms with Gasteiger partial charge in [0.25, 0.3) is 0 Å². The fourth-order valence-electron chi connectivity index (χ4n) is 5.47. The van der Waals surface area contributed by atoms with Crippen molar-refractivity contribution in [3.63, 3.8) is 0 Å². The van der Waals surface area contributed by atoms with Crippen molar-refractivity contribution < 1.29 is 19.7 Å². The van der Waals surface area contributed by atoms with Gasteiger partial charge in [-0.1, -0.05) is 68.5 Å². The molecule has 1 saturated carbocycles. The van der Waals surface area contributed by atoms with E-state index < -0.39 is 18.6 Å². The molecule has 2 atom stereocenters. The molecule has 0 spiro atoms. The molecule has 0 radical (unpaired) electrons. The molecule has 0 saturated heterocycles. The van der Waals surface area contributed by atoms with Crippen LogP contribution in [0.15, 0.2) is 53.6 Å². The predicted octanol–water partition coefficient (Wildman–Crippen LogP) is 5.92. The van der Waals surface area contributed by atoms with Crippen LogP contribution in [0, 0.1) is 12.8 Å². The molecule has 2 aromatic carbocycles. The standard InChI is InChI=1S/C31H42N2O4S/c1-22-8-6-7-11-26(22)27-16-24(12-14-25(27)17-32-28(19-34)31(35)36)20-37-29(30-18-33(2)21-38-30)15-13-23-9-4-3-5-10-23/h6-8,11-12,14,16,18,23,28-29,32,34H,3-5,9-10,13,15,17,19-21H2,1-2H3,(H,35,36)/t28-,29?/m0/s1. The van der Waals surface area contributed by atoms with Gasteiger partial charge in [-0.2, -0.15) is 0 Å². The number of aryl methyl sites for hydroxylation is 1. The number of carboxylic acids is 1. The monoisotopic (exact) mass is 538 g/mol. The Morgan fingerprint density at radius 3 is 2.63 bits per heavy atom. The summed E-state index contributed by atoms with van der Waals surface area (Å²) in [5.74, 6) is 0.745. The summed E-state index contributed by atoms with van der Waals surface area (Å²) < 4.78 is 6.62. The van der Waals surface area contributed by atoms with Crippen LogP contribution in [0.25, 0.3) is 11.1 Å². The Bertz CT molecular complexity index is 1100. The zero-order valence-corrected chi connectivity index (χ0v) is 23.5. The average molecular weight is 539 g/mol. The molecule has 38 heavy (non-hydrogen) atoms. The number of ether oxygens (including phenoxy) is 1. The van der Waals surface area contributed by atoms with Gasteiger partial charge in [-0.25, -0.2) is 0 Å². The van der Waals surface area contributed by atoms with E-state index in [2.05, 4.69) is 60.7 Å². The molecule has 3 N–H and O–H groups in total. The second-order valence-corrected chi connectivity index (χ2v) is 11.7. The van der Waals surface area contributed by atoms with Crippen LogP contribution in [0.4, 0.5) is 0 Å². The molecule has 1 heterocycles. The molecule has 2 aromatic rings. The molecule has 6 nitrogen and oxygen atoms in total. The van der Waals surface area contributed by atoms with Crippen molar-refractivity contribution in [2.45, 2.75) is 77.2 Å². The van der Waals surface area contributed by atoms with Gasteiger partial charge < -0.3 is 19.8 Å². The highest BCUT2D eigenvalue weighted by Gasteiger charge is 2.24. The van der Waals surface area contributed by atoms with Crippen LogP contribution in [-0.2, 0) is 22.7 Å². The van der Waals surface area contributed by atoms with E-state index in [1.807, 2.05) is 23.9 Å². The smallest absolute Gasteiger partial charge is 0.323 e. The quantitative estimate of drug-likeness (QED) is 0.292. The minimum absolute atomic E-state index is 0.107. The Morgan fingerprint density at radius 2 is 1.95 bits per heavy atom. The third-order valence-corrected chi connectivity index (χ3v) is 8.98. The second-order valence-electron chi connectivity index (χ2n) is 10.7. The van der Waals surface area contributed by atoms with E-state index in [9.17, 15) is 15.0 Å². The molecule has 1 aliphatic heterocycles. The molecular weight excluding hydrogens is 496 g/mol. The lowest BCUT2D eigenvalue weighted by Gasteiger charge is -2.25. The second kappa shape index (κ2) is 14.2. The molecule has 7 heteroatoms. The van der Waals surface area contributed by atoms with Gasteiger partial charge in [0.2, 0.25) is 0 Å². The van der Waals surface area contributed by atoms with Crippen LogP contribution in [0.1, 0.15) is 61.6 Å². The Morgan fingerprint density at radius 1 is 1.16 bits per heavy atom. The van der Waals surface area contributed by atoms with Crippen molar-refractivity contribution in [2.75, 3.05) is 19.5 Å². The largest absolute Gasteiger partial charge is 0.480 e. The first-order valence-electron chi connectivity index (χ1n) is 13.9. The molecule has 2 aliphatic rings. The van der Waals surface area contributed by atoms with Gasteiger partial charge in [-0.3, -0.25) is 10.1 Å². The van der Waals surface area contributed by atoms with Crippen molar-refractivity contribution in [3.8, 4) is 11.1 Å². The molecule has 1 unspecified atom stereocenters. The Balaban J connectivity index is 1.51. The third kappa shape index (κ3) is 7.85. The maximum atomic E-state index is 11.4. The van der Waals surface area contributed by atoms with E-state index in [0.29, 0.717) is 13.2 Å². The van der Waals surface area contributed by atoms with Crippen LogP contribution in [0.2, 0.25) is 0 Å². The number of aliphatic hydroxyl groups excluding tert-OH is 1. The van der Waals surface area contributed by atoms with Crippen LogP contribution in [-0.4, -0.2) is 52.8 Å². The summed E-state index contributed by atoms with van der Waals surface area (Å²) in [4.78, 5) is 15.0. The van der Waals surface area contributed by atoms with E-state index in [-0.39, 0.29) is 6.10 Å². The molecule has 1 fully saturated rings. The number of aliphatic hydroxyl groups is 1. The zero-order chi connectivity index (χ0) is 26.9. The summed E-state index contributed by atoms with van der Waals surface area (Å²) in [6, 6.07) is 13.5. The van der Waals surface area contributed by atoms with Gasteiger partial charge in [0, 0.05) is 24.7 Å². The minimum atomic E-state index is -1.06. The first kappa shape index (κ1) is 28.7. The lowest BCUT2D eigenvalue weighted by molar-refractivity contribution is -0.140. The summed E-state index contributed by atoms with van der Waals surface area (Å²) in [7, 11) is 2.12. The molecule has 0 aromatic heterocycles. The number of nitrogens with zero attached hydrogens (tertiary/aromatic N) is 1. The van der Waals surface area contributed by atoms with E-state index >= 15 is 0 Å². The highest BCUT2D eigenvalue weighted by atomic mass is 32.2. The van der Waals surface area contributed by atoms with E-state index in [0.717, 1.165) is 46.0 Å². The molecule has 206 valence electrons. The summed E-state index contributed by atoms with van der Waals surface area (Å²) >= 11 is 1.88. The van der Waals surface area contributed by atoms with Gasteiger partial charge in [0.05, 0.1) is 25.2 Å². The van der Waals surface area contributed by atoms with Crippen molar-refractivity contribution in [1.29, 1.82) is 0 Å². The number of hydrogen-bond acceptors (Lipinski definition) is 6. The highest BCUT2D eigenvalue weighted by Crippen LogP contribution is 2.35. The minimum Gasteiger partial charge on any atom is -0.480 e. The fourth-order valence-corrected chi connectivity index (χ4v) is 6.52. The Hall–Kier alpha value is -2.32.